The van der Waals surface area contributed by atoms with Crippen LogP contribution in [0.3, 0.4) is 0 Å². The molecule has 0 spiro atoms. The SMILES string of the molecule is c1cc2c(o1)CCCCCCCCCC2. The van der Waals surface area contributed by atoms with Crippen LogP contribution in [0.25, 0.3) is 0 Å². The van der Waals surface area contributed by atoms with E-state index in [1.54, 1.807) is 0 Å². The van der Waals surface area contributed by atoms with Crippen LogP contribution in [0.4, 0.5) is 0 Å². The smallest absolute Gasteiger partial charge is 0.106 e. The lowest BCUT2D eigenvalue weighted by atomic mass is 10.0. The average molecular weight is 206 g/mol. The Hall–Kier alpha value is -0.720. The minimum atomic E-state index is 1.16. The molecule has 0 amide bonds. The highest BCUT2D eigenvalue weighted by atomic mass is 16.3. The van der Waals surface area contributed by atoms with Gasteiger partial charge in [-0.15, -0.1) is 0 Å². The van der Waals surface area contributed by atoms with E-state index in [-0.39, 0.29) is 0 Å². The number of hydrogen-bond acceptors (Lipinski definition) is 1. The molecule has 0 fully saturated rings. The Morgan fingerprint density at radius 2 is 1.33 bits per heavy atom. The lowest BCUT2D eigenvalue weighted by Gasteiger charge is -2.06. The van der Waals surface area contributed by atoms with Crippen LogP contribution < -0.4 is 0 Å². The van der Waals surface area contributed by atoms with E-state index in [9.17, 15) is 0 Å². The lowest BCUT2D eigenvalue weighted by Crippen LogP contribution is -1.93. The first-order chi connectivity index (χ1) is 7.47. The van der Waals surface area contributed by atoms with Gasteiger partial charge >= 0.3 is 0 Å². The molecule has 1 heteroatoms. The molecule has 0 atom stereocenters. The summed E-state index contributed by atoms with van der Waals surface area (Å²) in [5.74, 6) is 1.26. The van der Waals surface area contributed by atoms with Crippen molar-refractivity contribution >= 4 is 0 Å². The fourth-order valence-corrected chi connectivity index (χ4v) is 2.47. The van der Waals surface area contributed by atoms with Crippen molar-refractivity contribution in [1.29, 1.82) is 0 Å². The lowest BCUT2D eigenvalue weighted by molar-refractivity contribution is 0.479. The molecular weight excluding hydrogens is 184 g/mol. The first-order valence-electron chi connectivity index (χ1n) is 6.52. The molecular formula is C14H22O. The molecule has 0 bridgehead atoms. The van der Waals surface area contributed by atoms with Gasteiger partial charge in [0.2, 0.25) is 0 Å². The van der Waals surface area contributed by atoms with E-state index in [2.05, 4.69) is 6.07 Å². The molecule has 1 aromatic rings. The fraction of sp³-hybridized carbons (Fsp3) is 0.714. The molecule has 1 aliphatic rings. The summed E-state index contributed by atoms with van der Waals surface area (Å²) in [4.78, 5) is 0. The number of fused-ring (bicyclic) bond motifs is 1. The van der Waals surface area contributed by atoms with Crippen molar-refractivity contribution in [2.24, 2.45) is 0 Å². The zero-order valence-corrected chi connectivity index (χ0v) is 9.63. The van der Waals surface area contributed by atoms with Gasteiger partial charge in [0.1, 0.15) is 5.76 Å². The zero-order valence-electron chi connectivity index (χ0n) is 9.63. The highest BCUT2D eigenvalue weighted by molar-refractivity contribution is 5.17. The molecule has 0 saturated carbocycles. The summed E-state index contributed by atoms with van der Waals surface area (Å²) in [5, 5.41) is 0. The van der Waals surface area contributed by atoms with E-state index in [0.717, 1.165) is 6.42 Å². The number of rotatable bonds is 0. The summed E-state index contributed by atoms with van der Waals surface area (Å²) in [7, 11) is 0. The van der Waals surface area contributed by atoms with E-state index in [0.29, 0.717) is 0 Å². The van der Waals surface area contributed by atoms with Crippen LogP contribution in [0.5, 0.6) is 0 Å². The summed E-state index contributed by atoms with van der Waals surface area (Å²) in [6, 6.07) is 2.17. The quantitative estimate of drug-likeness (QED) is 0.609. The van der Waals surface area contributed by atoms with Crippen LogP contribution in [0.1, 0.15) is 62.7 Å². The highest BCUT2D eigenvalue weighted by Gasteiger charge is 2.06. The van der Waals surface area contributed by atoms with Gasteiger partial charge in [-0.2, -0.15) is 0 Å². The molecule has 15 heavy (non-hydrogen) atoms. The van der Waals surface area contributed by atoms with E-state index in [1.807, 2.05) is 6.26 Å². The van der Waals surface area contributed by atoms with Crippen molar-refractivity contribution in [1.82, 2.24) is 0 Å². The van der Waals surface area contributed by atoms with Crippen molar-refractivity contribution < 1.29 is 4.42 Å². The Labute approximate surface area is 92.9 Å². The zero-order chi connectivity index (χ0) is 10.3. The Morgan fingerprint density at radius 3 is 2.07 bits per heavy atom. The summed E-state index contributed by atoms with van der Waals surface area (Å²) in [6.07, 6.45) is 15.4. The predicted molar refractivity (Wildman–Crippen MR) is 63.1 cm³/mol. The topological polar surface area (TPSA) is 13.1 Å². The monoisotopic (exact) mass is 206 g/mol. The van der Waals surface area contributed by atoms with E-state index >= 15 is 0 Å². The van der Waals surface area contributed by atoms with Crippen molar-refractivity contribution in [2.75, 3.05) is 0 Å². The van der Waals surface area contributed by atoms with E-state index in [1.165, 1.54) is 69.1 Å². The van der Waals surface area contributed by atoms with Gasteiger partial charge < -0.3 is 4.42 Å². The number of furan rings is 1. The Morgan fingerprint density at radius 1 is 0.733 bits per heavy atom. The van der Waals surface area contributed by atoms with Crippen molar-refractivity contribution in [2.45, 2.75) is 64.2 Å². The summed E-state index contributed by atoms with van der Waals surface area (Å²) >= 11 is 0. The molecule has 84 valence electrons. The van der Waals surface area contributed by atoms with Gasteiger partial charge in [0.05, 0.1) is 6.26 Å². The third kappa shape index (κ3) is 3.40. The van der Waals surface area contributed by atoms with Crippen molar-refractivity contribution in [3.8, 4) is 0 Å². The number of aryl methyl sites for hydroxylation is 2. The standard InChI is InChI=1S/C14H22O/c1-2-4-6-8-10-14-13(11-12-15-14)9-7-5-3-1/h11-12H,1-10H2. The van der Waals surface area contributed by atoms with Crippen LogP contribution in [-0.4, -0.2) is 0 Å². The van der Waals surface area contributed by atoms with Gasteiger partial charge in [0, 0.05) is 6.42 Å². The van der Waals surface area contributed by atoms with Crippen LogP contribution in [-0.2, 0) is 12.8 Å². The largest absolute Gasteiger partial charge is 0.469 e. The van der Waals surface area contributed by atoms with Crippen molar-refractivity contribution in [3.05, 3.63) is 23.7 Å². The molecule has 1 aliphatic carbocycles. The summed E-state index contributed by atoms with van der Waals surface area (Å²) < 4.78 is 5.56. The summed E-state index contributed by atoms with van der Waals surface area (Å²) in [5.41, 5.74) is 1.47. The van der Waals surface area contributed by atoms with E-state index in [4.69, 9.17) is 4.42 Å². The molecule has 0 aromatic carbocycles. The van der Waals surface area contributed by atoms with Crippen LogP contribution in [0, 0.1) is 0 Å². The van der Waals surface area contributed by atoms with Gasteiger partial charge in [-0.05, 0) is 30.9 Å². The third-order valence-corrected chi connectivity index (χ3v) is 3.44. The van der Waals surface area contributed by atoms with Gasteiger partial charge in [-0.1, -0.05) is 38.5 Å². The Kier molecular flexibility index (Phi) is 4.31. The maximum absolute atomic E-state index is 5.56. The van der Waals surface area contributed by atoms with E-state index < -0.39 is 0 Å². The molecule has 0 unspecified atom stereocenters. The molecule has 0 aliphatic heterocycles. The first kappa shape index (κ1) is 10.8. The maximum atomic E-state index is 5.56. The van der Waals surface area contributed by atoms with Crippen molar-refractivity contribution in [3.63, 3.8) is 0 Å². The van der Waals surface area contributed by atoms with Gasteiger partial charge in [0.15, 0.2) is 0 Å². The molecule has 1 heterocycles. The average Bonchev–Trinajstić information content (AvgIpc) is 2.65. The van der Waals surface area contributed by atoms with Gasteiger partial charge in [0.25, 0.3) is 0 Å². The third-order valence-electron chi connectivity index (χ3n) is 3.44. The van der Waals surface area contributed by atoms with Crippen LogP contribution in [0.2, 0.25) is 0 Å². The second kappa shape index (κ2) is 5.99. The van der Waals surface area contributed by atoms with Gasteiger partial charge in [-0.25, -0.2) is 0 Å². The highest BCUT2D eigenvalue weighted by Crippen LogP contribution is 2.19. The maximum Gasteiger partial charge on any atom is 0.106 e. The second-order valence-corrected chi connectivity index (χ2v) is 4.70. The normalized spacial score (nSPS) is 20.0. The van der Waals surface area contributed by atoms with Crippen LogP contribution >= 0.6 is 0 Å². The molecule has 0 N–H and O–H groups in total. The van der Waals surface area contributed by atoms with Gasteiger partial charge in [-0.3, -0.25) is 0 Å². The minimum Gasteiger partial charge on any atom is -0.469 e. The Balaban J connectivity index is 1.92. The molecule has 0 saturated heterocycles. The molecule has 1 nitrogen and oxygen atoms in total. The van der Waals surface area contributed by atoms with Crippen LogP contribution in [0.15, 0.2) is 16.7 Å². The first-order valence-corrected chi connectivity index (χ1v) is 6.52. The second-order valence-electron chi connectivity index (χ2n) is 4.70. The fourth-order valence-electron chi connectivity index (χ4n) is 2.47. The minimum absolute atomic E-state index is 1.16. The predicted octanol–water partition coefficient (Wildman–Crippen LogP) is 4.50. The molecule has 0 radical (unpaired) electrons. The number of hydrogen-bond donors (Lipinski definition) is 0. The Bertz CT molecular complexity index is 248. The molecule has 1 aromatic heterocycles. The summed E-state index contributed by atoms with van der Waals surface area (Å²) in [6.45, 7) is 0. The molecule has 2 rings (SSSR count).